The highest BCUT2D eigenvalue weighted by Gasteiger charge is 2.30. The van der Waals surface area contributed by atoms with Gasteiger partial charge in [-0.3, -0.25) is 0 Å². The van der Waals surface area contributed by atoms with Gasteiger partial charge in [-0.2, -0.15) is 13.2 Å². The fourth-order valence-corrected chi connectivity index (χ4v) is 4.17. The van der Waals surface area contributed by atoms with Gasteiger partial charge in [-0.25, -0.2) is 8.42 Å². The molecule has 20 heavy (non-hydrogen) atoms. The highest BCUT2D eigenvalue weighted by atomic mass is 32.2. The molecular weight excluding hydrogens is 291 g/mol. The number of alkyl halides is 3. The molecular formula is C13H16F3NO2S. The van der Waals surface area contributed by atoms with Gasteiger partial charge in [0.05, 0.1) is 17.1 Å². The molecule has 1 aromatic rings. The number of rotatable bonds is 4. The predicted molar refractivity (Wildman–Crippen MR) is 69.9 cm³/mol. The highest BCUT2D eigenvalue weighted by Crippen LogP contribution is 2.29. The molecule has 0 aliphatic carbocycles. The van der Waals surface area contributed by atoms with Gasteiger partial charge in [0.2, 0.25) is 0 Å². The monoisotopic (exact) mass is 307 g/mol. The summed E-state index contributed by atoms with van der Waals surface area (Å²) < 4.78 is 60.2. The van der Waals surface area contributed by atoms with Gasteiger partial charge >= 0.3 is 6.18 Å². The maximum atomic E-state index is 12.5. The van der Waals surface area contributed by atoms with Crippen molar-refractivity contribution < 1.29 is 21.6 Å². The first-order valence-corrected chi connectivity index (χ1v) is 8.16. The molecule has 1 atom stereocenters. The maximum Gasteiger partial charge on any atom is 0.416 e. The first kappa shape index (κ1) is 15.3. The first-order valence-electron chi connectivity index (χ1n) is 6.33. The summed E-state index contributed by atoms with van der Waals surface area (Å²) in [4.78, 5) is 0. The normalized spacial score (nSPS) is 22.1. The molecule has 1 aliphatic heterocycles. The van der Waals surface area contributed by atoms with Gasteiger partial charge < -0.3 is 5.32 Å². The maximum absolute atomic E-state index is 12.5. The van der Waals surface area contributed by atoms with Crippen LogP contribution in [0.3, 0.4) is 0 Å². The van der Waals surface area contributed by atoms with Gasteiger partial charge in [0.15, 0.2) is 9.84 Å². The van der Waals surface area contributed by atoms with Crippen molar-refractivity contribution in [1.29, 1.82) is 0 Å². The third kappa shape index (κ3) is 4.21. The lowest BCUT2D eigenvalue weighted by atomic mass is 10.1. The third-order valence-corrected chi connectivity index (χ3v) is 5.18. The summed E-state index contributed by atoms with van der Waals surface area (Å²) in [5, 5.41) is 3.03. The van der Waals surface area contributed by atoms with Crippen molar-refractivity contribution in [3.05, 3.63) is 35.4 Å². The fourth-order valence-electron chi connectivity index (χ4n) is 2.31. The highest BCUT2D eigenvalue weighted by molar-refractivity contribution is 7.91. The van der Waals surface area contributed by atoms with E-state index in [9.17, 15) is 21.6 Å². The average molecular weight is 307 g/mol. The van der Waals surface area contributed by atoms with Crippen LogP contribution in [0.25, 0.3) is 0 Å². The summed E-state index contributed by atoms with van der Waals surface area (Å²) in [6.45, 7) is 0.815. The van der Waals surface area contributed by atoms with Crippen LogP contribution in [0.15, 0.2) is 24.3 Å². The second-order valence-corrected chi connectivity index (χ2v) is 7.33. The number of hydrogen-bond donors (Lipinski definition) is 1. The second kappa shape index (κ2) is 5.73. The van der Waals surface area contributed by atoms with Crippen LogP contribution in [0.4, 0.5) is 13.2 Å². The topological polar surface area (TPSA) is 46.2 Å². The molecule has 1 aliphatic rings. The second-order valence-electron chi connectivity index (χ2n) is 5.10. The lowest BCUT2D eigenvalue weighted by molar-refractivity contribution is -0.137. The van der Waals surface area contributed by atoms with Crippen molar-refractivity contribution in [3.8, 4) is 0 Å². The zero-order valence-corrected chi connectivity index (χ0v) is 11.6. The Morgan fingerprint density at radius 1 is 1.30 bits per heavy atom. The van der Waals surface area contributed by atoms with Gasteiger partial charge in [0.1, 0.15) is 0 Å². The van der Waals surface area contributed by atoms with Crippen LogP contribution in [0.2, 0.25) is 0 Å². The number of sulfone groups is 1. The smallest absolute Gasteiger partial charge is 0.312 e. The van der Waals surface area contributed by atoms with Crippen LogP contribution in [0.1, 0.15) is 17.5 Å². The van der Waals surface area contributed by atoms with Gasteiger partial charge in [0, 0.05) is 6.54 Å². The molecule has 0 amide bonds. The summed E-state index contributed by atoms with van der Waals surface area (Å²) in [7, 11) is -2.91. The van der Waals surface area contributed by atoms with Crippen LogP contribution in [0, 0.1) is 5.92 Å². The molecule has 2 rings (SSSR count). The first-order chi connectivity index (χ1) is 9.26. The lowest BCUT2D eigenvalue weighted by Gasteiger charge is -2.11. The minimum absolute atomic E-state index is 0.0609. The molecule has 0 bridgehead atoms. The molecule has 0 aromatic heterocycles. The van der Waals surface area contributed by atoms with E-state index in [2.05, 4.69) is 5.32 Å². The van der Waals surface area contributed by atoms with E-state index >= 15 is 0 Å². The van der Waals surface area contributed by atoms with E-state index in [0.717, 1.165) is 12.1 Å². The Morgan fingerprint density at radius 3 is 2.65 bits per heavy atom. The molecule has 1 N–H and O–H groups in total. The molecule has 7 heteroatoms. The van der Waals surface area contributed by atoms with E-state index in [0.29, 0.717) is 25.1 Å². The predicted octanol–water partition coefficient (Wildman–Crippen LogP) is 2.23. The Hall–Kier alpha value is -1.08. The number of nitrogens with one attached hydrogen (secondary N) is 1. The number of halogens is 3. The third-order valence-electron chi connectivity index (χ3n) is 3.34. The lowest BCUT2D eigenvalue weighted by Crippen LogP contribution is -2.23. The van der Waals surface area contributed by atoms with Crippen molar-refractivity contribution in [1.82, 2.24) is 5.32 Å². The summed E-state index contributed by atoms with van der Waals surface area (Å²) in [5.41, 5.74) is -0.124. The van der Waals surface area contributed by atoms with E-state index in [1.54, 1.807) is 6.07 Å². The molecule has 1 aromatic carbocycles. The van der Waals surface area contributed by atoms with Gasteiger partial charge in [0.25, 0.3) is 0 Å². The molecule has 3 nitrogen and oxygen atoms in total. The number of benzene rings is 1. The molecule has 0 spiro atoms. The molecule has 1 heterocycles. The van der Waals surface area contributed by atoms with Crippen LogP contribution in [-0.2, 0) is 22.6 Å². The Morgan fingerprint density at radius 2 is 2.05 bits per heavy atom. The molecule has 1 fully saturated rings. The fraction of sp³-hybridized carbons (Fsp3) is 0.538. The Bertz CT molecular complexity index is 569. The Kier molecular flexibility index (Phi) is 4.39. The molecule has 112 valence electrons. The van der Waals surface area contributed by atoms with Crippen molar-refractivity contribution in [2.75, 3.05) is 18.1 Å². The van der Waals surface area contributed by atoms with Crippen molar-refractivity contribution in [2.45, 2.75) is 19.1 Å². The van der Waals surface area contributed by atoms with Crippen molar-refractivity contribution in [3.63, 3.8) is 0 Å². The van der Waals surface area contributed by atoms with Crippen LogP contribution in [0.5, 0.6) is 0 Å². The van der Waals surface area contributed by atoms with E-state index in [1.165, 1.54) is 6.07 Å². The number of hydrogen-bond acceptors (Lipinski definition) is 3. The standard InChI is InChI=1S/C13H16F3NO2S/c14-13(15,16)12-3-1-2-10(6-12)7-17-8-11-4-5-20(18,19)9-11/h1-3,6,11,17H,4-5,7-9H2. The quantitative estimate of drug-likeness (QED) is 0.928. The van der Waals surface area contributed by atoms with E-state index < -0.39 is 21.6 Å². The zero-order valence-electron chi connectivity index (χ0n) is 10.8. The molecule has 1 unspecified atom stereocenters. The molecule has 0 saturated carbocycles. The molecule has 1 saturated heterocycles. The minimum Gasteiger partial charge on any atom is -0.312 e. The van der Waals surface area contributed by atoms with E-state index in [-0.39, 0.29) is 17.4 Å². The zero-order chi connectivity index (χ0) is 14.8. The van der Waals surface area contributed by atoms with E-state index in [4.69, 9.17) is 0 Å². The minimum atomic E-state index is -4.34. The van der Waals surface area contributed by atoms with Crippen molar-refractivity contribution >= 4 is 9.84 Å². The van der Waals surface area contributed by atoms with E-state index in [1.807, 2.05) is 0 Å². The SMILES string of the molecule is O=S1(=O)CCC(CNCc2cccc(C(F)(F)F)c2)C1. The summed E-state index contributed by atoms with van der Waals surface area (Å²) in [6.07, 6.45) is -3.71. The van der Waals surface area contributed by atoms with Gasteiger partial charge in [-0.15, -0.1) is 0 Å². The summed E-state index contributed by atoms with van der Waals surface area (Å²) in [5.74, 6) is 0.441. The van der Waals surface area contributed by atoms with Crippen LogP contribution >= 0.6 is 0 Å². The average Bonchev–Trinajstić information content (AvgIpc) is 2.68. The Labute approximate surface area is 116 Å². The van der Waals surface area contributed by atoms with Crippen LogP contribution < -0.4 is 5.32 Å². The van der Waals surface area contributed by atoms with Crippen LogP contribution in [-0.4, -0.2) is 26.5 Å². The summed E-state index contributed by atoms with van der Waals surface area (Å²) >= 11 is 0. The Balaban J connectivity index is 1.86. The summed E-state index contributed by atoms with van der Waals surface area (Å²) in [6, 6.07) is 5.14. The largest absolute Gasteiger partial charge is 0.416 e. The van der Waals surface area contributed by atoms with Crippen molar-refractivity contribution in [2.24, 2.45) is 5.92 Å². The van der Waals surface area contributed by atoms with Gasteiger partial charge in [-0.05, 0) is 30.5 Å². The van der Waals surface area contributed by atoms with Gasteiger partial charge in [-0.1, -0.05) is 18.2 Å². The molecule has 0 radical (unpaired) electrons.